The van der Waals surface area contributed by atoms with E-state index in [-0.39, 0.29) is 0 Å². The van der Waals surface area contributed by atoms with Gasteiger partial charge in [0.1, 0.15) is 12.2 Å². The van der Waals surface area contributed by atoms with Gasteiger partial charge in [0.25, 0.3) is 0 Å². The summed E-state index contributed by atoms with van der Waals surface area (Å²) >= 11 is 0. The lowest BCUT2D eigenvalue weighted by Crippen LogP contribution is -2.41. The molecule has 2 unspecified atom stereocenters. The molecule has 0 saturated carbocycles. The number of aliphatic hydroxyl groups is 3. The van der Waals surface area contributed by atoms with Crippen molar-refractivity contribution in [3.05, 3.63) is 29.8 Å². The van der Waals surface area contributed by atoms with Crippen LogP contribution in [0.15, 0.2) is 24.3 Å². The molecule has 2 rings (SSSR count). The fraction of sp³-hybridized carbons (Fsp3) is 0.600. The van der Waals surface area contributed by atoms with Gasteiger partial charge in [-0.2, -0.15) is 0 Å². The van der Waals surface area contributed by atoms with Gasteiger partial charge in [-0.25, -0.2) is 0 Å². The Bertz CT molecular complexity index is 469. The molecule has 0 bridgehead atoms. The van der Waals surface area contributed by atoms with Crippen molar-refractivity contribution in [3.63, 3.8) is 0 Å². The molecule has 21 heavy (non-hydrogen) atoms. The van der Waals surface area contributed by atoms with Crippen LogP contribution in [0.1, 0.15) is 39.4 Å². The maximum atomic E-state index is 9.84. The van der Waals surface area contributed by atoms with Crippen LogP contribution in [0.4, 0.5) is 0 Å². The number of benzene rings is 1. The molecule has 0 amide bonds. The summed E-state index contributed by atoms with van der Waals surface area (Å²) in [6.07, 6.45) is -2.30. The van der Waals surface area contributed by atoms with Crippen LogP contribution >= 0.6 is 0 Å². The molecule has 5 nitrogen and oxygen atoms in total. The lowest BCUT2D eigenvalue weighted by atomic mass is 9.78. The van der Waals surface area contributed by atoms with E-state index < -0.39 is 37.1 Å². The second-order valence-electron chi connectivity index (χ2n) is 6.45. The highest BCUT2D eigenvalue weighted by Crippen LogP contribution is 2.36. The topological polar surface area (TPSA) is 79.2 Å². The Morgan fingerprint density at radius 3 is 1.90 bits per heavy atom. The Balaban J connectivity index is 2.14. The van der Waals surface area contributed by atoms with Crippen LogP contribution in [0.3, 0.4) is 0 Å². The van der Waals surface area contributed by atoms with E-state index in [1.165, 1.54) is 0 Å². The lowest BCUT2D eigenvalue weighted by molar-refractivity contribution is -0.0152. The van der Waals surface area contributed by atoms with Crippen LogP contribution in [0.5, 0.6) is 0 Å². The second-order valence-corrected chi connectivity index (χ2v) is 6.45. The molecular weight excluding hydrogens is 271 g/mol. The first-order valence-electron chi connectivity index (χ1n) is 7.10. The molecule has 116 valence electrons. The van der Waals surface area contributed by atoms with Crippen molar-refractivity contribution in [3.8, 4) is 0 Å². The molecule has 3 N–H and O–H groups in total. The van der Waals surface area contributed by atoms with Crippen LogP contribution < -0.4 is 5.46 Å². The van der Waals surface area contributed by atoms with Crippen LogP contribution in [0, 0.1) is 0 Å². The van der Waals surface area contributed by atoms with Gasteiger partial charge in [0.15, 0.2) is 0 Å². The van der Waals surface area contributed by atoms with Crippen LogP contribution in [0.2, 0.25) is 0 Å². The maximum Gasteiger partial charge on any atom is 0.494 e. The zero-order valence-corrected chi connectivity index (χ0v) is 12.9. The Labute approximate surface area is 125 Å². The van der Waals surface area contributed by atoms with Gasteiger partial charge in [-0.3, -0.25) is 0 Å². The SMILES string of the molecule is CC1(C)OB(c2ccc(C(O)C(O)CO)cc2)OC1(C)C. The van der Waals surface area contributed by atoms with Crippen molar-refractivity contribution in [2.75, 3.05) is 6.61 Å². The highest BCUT2D eigenvalue weighted by molar-refractivity contribution is 6.62. The third-order valence-electron chi connectivity index (χ3n) is 4.35. The first-order chi connectivity index (χ1) is 9.68. The number of aliphatic hydroxyl groups excluding tert-OH is 3. The van der Waals surface area contributed by atoms with Gasteiger partial charge < -0.3 is 24.6 Å². The Morgan fingerprint density at radius 2 is 1.48 bits per heavy atom. The molecule has 1 aromatic carbocycles. The van der Waals surface area contributed by atoms with Crippen molar-refractivity contribution in [2.45, 2.75) is 51.1 Å². The standard InChI is InChI=1S/C15H23BO5/c1-14(2)15(3,4)21-16(20-14)11-7-5-10(6-8-11)13(19)12(18)9-17/h5-8,12-13,17-19H,9H2,1-4H3. The average Bonchev–Trinajstić information content (AvgIpc) is 2.66. The third kappa shape index (κ3) is 3.15. The lowest BCUT2D eigenvalue weighted by Gasteiger charge is -2.32. The molecule has 0 radical (unpaired) electrons. The summed E-state index contributed by atoms with van der Waals surface area (Å²) in [5.41, 5.74) is 0.589. The minimum Gasteiger partial charge on any atom is -0.399 e. The Morgan fingerprint density at radius 1 is 1.00 bits per heavy atom. The summed E-state index contributed by atoms with van der Waals surface area (Å²) in [5, 5.41) is 28.1. The summed E-state index contributed by atoms with van der Waals surface area (Å²) in [5.74, 6) is 0. The van der Waals surface area contributed by atoms with Crippen molar-refractivity contribution in [1.82, 2.24) is 0 Å². The van der Waals surface area contributed by atoms with Crippen LogP contribution in [-0.4, -0.2) is 46.4 Å². The van der Waals surface area contributed by atoms with E-state index in [9.17, 15) is 10.2 Å². The van der Waals surface area contributed by atoms with Gasteiger partial charge in [0.2, 0.25) is 0 Å². The Kier molecular flexibility index (Phi) is 4.47. The molecule has 1 aliphatic heterocycles. The van der Waals surface area contributed by atoms with Gasteiger partial charge in [-0.1, -0.05) is 24.3 Å². The largest absolute Gasteiger partial charge is 0.494 e. The maximum absolute atomic E-state index is 9.84. The fourth-order valence-electron chi connectivity index (χ4n) is 2.15. The van der Waals surface area contributed by atoms with Gasteiger partial charge in [-0.05, 0) is 38.7 Å². The van der Waals surface area contributed by atoms with E-state index >= 15 is 0 Å². The number of rotatable bonds is 4. The number of hydrogen-bond donors (Lipinski definition) is 3. The zero-order chi connectivity index (χ0) is 15.8. The van der Waals surface area contributed by atoms with Crippen LogP contribution in [0.25, 0.3) is 0 Å². The minimum absolute atomic E-state index is 0.400. The van der Waals surface area contributed by atoms with E-state index in [2.05, 4.69) is 0 Å². The van der Waals surface area contributed by atoms with E-state index in [0.29, 0.717) is 5.56 Å². The highest BCUT2D eigenvalue weighted by Gasteiger charge is 2.51. The summed E-state index contributed by atoms with van der Waals surface area (Å²) < 4.78 is 11.9. The molecule has 0 aliphatic carbocycles. The van der Waals surface area contributed by atoms with Crippen molar-refractivity contribution < 1.29 is 24.6 Å². The van der Waals surface area contributed by atoms with Crippen molar-refractivity contribution in [2.24, 2.45) is 0 Å². The predicted molar refractivity (Wildman–Crippen MR) is 80.2 cm³/mol. The molecule has 1 heterocycles. The van der Waals surface area contributed by atoms with E-state index in [4.69, 9.17) is 14.4 Å². The van der Waals surface area contributed by atoms with Crippen molar-refractivity contribution in [1.29, 1.82) is 0 Å². The average molecular weight is 294 g/mol. The Hall–Kier alpha value is -0.915. The monoisotopic (exact) mass is 294 g/mol. The normalized spacial score (nSPS) is 23.1. The van der Waals surface area contributed by atoms with E-state index in [0.717, 1.165) is 5.46 Å². The summed E-state index contributed by atoms with van der Waals surface area (Å²) in [7, 11) is -0.455. The molecule has 0 aromatic heterocycles. The van der Waals surface area contributed by atoms with Gasteiger partial charge >= 0.3 is 7.12 Å². The van der Waals surface area contributed by atoms with Gasteiger partial charge in [0, 0.05) is 0 Å². The van der Waals surface area contributed by atoms with Gasteiger partial charge in [0.05, 0.1) is 17.8 Å². The molecule has 1 aliphatic rings. The first-order valence-corrected chi connectivity index (χ1v) is 7.10. The van der Waals surface area contributed by atoms with E-state index in [1.54, 1.807) is 24.3 Å². The smallest absolute Gasteiger partial charge is 0.399 e. The fourth-order valence-corrected chi connectivity index (χ4v) is 2.15. The summed E-state index contributed by atoms with van der Waals surface area (Å²) in [6, 6.07) is 6.99. The molecule has 1 fully saturated rings. The molecule has 2 atom stereocenters. The molecule has 0 spiro atoms. The molecular formula is C15H23BO5. The first kappa shape index (κ1) is 16.5. The summed E-state index contributed by atoms with van der Waals surface area (Å²) in [6.45, 7) is 7.47. The van der Waals surface area contributed by atoms with E-state index in [1.807, 2.05) is 27.7 Å². The number of hydrogen-bond acceptors (Lipinski definition) is 5. The zero-order valence-electron chi connectivity index (χ0n) is 12.9. The summed E-state index contributed by atoms with van der Waals surface area (Å²) in [4.78, 5) is 0. The van der Waals surface area contributed by atoms with Crippen LogP contribution in [-0.2, 0) is 9.31 Å². The second kappa shape index (κ2) is 5.70. The third-order valence-corrected chi connectivity index (χ3v) is 4.35. The quantitative estimate of drug-likeness (QED) is 0.699. The molecule has 1 aromatic rings. The predicted octanol–water partition coefficient (Wildman–Crippen LogP) is 0.372. The van der Waals surface area contributed by atoms with Gasteiger partial charge in [-0.15, -0.1) is 0 Å². The highest BCUT2D eigenvalue weighted by atomic mass is 16.7. The molecule has 1 saturated heterocycles. The van der Waals surface area contributed by atoms with Crippen molar-refractivity contribution >= 4 is 12.6 Å². The minimum atomic E-state index is -1.19. The molecule has 6 heteroatoms.